The fourth-order valence-corrected chi connectivity index (χ4v) is 2.03. The third kappa shape index (κ3) is 4.28. The molecule has 7 heteroatoms. The number of nitrogens with one attached hydrogen (secondary N) is 1. The molecule has 0 heterocycles. The number of carbonyl (C=O) groups excluding carboxylic acids is 2. The number of carbonyl (C=O) groups is 2. The molecule has 0 bridgehead atoms. The number of hydrogen-bond acceptors (Lipinski definition) is 3. The maximum Gasteiger partial charge on any atom is 0.257 e. The standard InChI is InChI=1S/C17H16F2N2O3/c1-21(17(23)14-8-3-11(18)9-15(14)19)10-16(22)20-12-4-6-13(24-2)7-5-12/h3-9H,10H2,1-2H3,(H,20,22). The Hall–Kier alpha value is -2.96. The van der Waals surface area contributed by atoms with Crippen LogP contribution in [0.15, 0.2) is 42.5 Å². The molecule has 2 aromatic rings. The van der Waals surface area contributed by atoms with Gasteiger partial charge in [-0.25, -0.2) is 8.78 Å². The van der Waals surface area contributed by atoms with Crippen LogP contribution in [-0.2, 0) is 4.79 Å². The van der Waals surface area contributed by atoms with E-state index in [1.165, 1.54) is 14.2 Å². The molecule has 0 aromatic heterocycles. The first kappa shape index (κ1) is 17.4. The van der Waals surface area contributed by atoms with E-state index in [1.807, 2.05) is 0 Å². The fraction of sp³-hybridized carbons (Fsp3) is 0.176. The molecule has 0 radical (unpaired) electrons. The van der Waals surface area contributed by atoms with Gasteiger partial charge in [0, 0.05) is 18.8 Å². The second-order valence-electron chi connectivity index (χ2n) is 5.06. The molecule has 0 aliphatic heterocycles. The van der Waals surface area contributed by atoms with Crippen molar-refractivity contribution in [1.82, 2.24) is 4.90 Å². The minimum atomic E-state index is -0.970. The van der Waals surface area contributed by atoms with Gasteiger partial charge in [0.05, 0.1) is 19.2 Å². The molecule has 0 fully saturated rings. The van der Waals surface area contributed by atoms with Gasteiger partial charge in [-0.1, -0.05) is 0 Å². The van der Waals surface area contributed by atoms with Crippen LogP contribution in [0.25, 0.3) is 0 Å². The summed E-state index contributed by atoms with van der Waals surface area (Å²) in [5, 5.41) is 2.61. The van der Waals surface area contributed by atoms with Crippen molar-refractivity contribution in [3.63, 3.8) is 0 Å². The number of ether oxygens (including phenoxy) is 1. The van der Waals surface area contributed by atoms with Crippen molar-refractivity contribution in [3.05, 3.63) is 59.7 Å². The highest BCUT2D eigenvalue weighted by Gasteiger charge is 2.18. The molecule has 2 aromatic carbocycles. The van der Waals surface area contributed by atoms with Crippen molar-refractivity contribution in [2.75, 3.05) is 26.0 Å². The number of amides is 2. The molecular formula is C17H16F2N2O3. The topological polar surface area (TPSA) is 58.6 Å². The molecule has 0 spiro atoms. The minimum Gasteiger partial charge on any atom is -0.497 e. The Morgan fingerprint density at radius 1 is 1.12 bits per heavy atom. The summed E-state index contributed by atoms with van der Waals surface area (Å²) < 4.78 is 31.5. The Morgan fingerprint density at radius 3 is 2.38 bits per heavy atom. The van der Waals surface area contributed by atoms with E-state index in [0.29, 0.717) is 17.5 Å². The van der Waals surface area contributed by atoms with Crippen molar-refractivity contribution < 1.29 is 23.1 Å². The summed E-state index contributed by atoms with van der Waals surface area (Å²) in [6, 6.07) is 9.32. The number of halogens is 2. The van der Waals surface area contributed by atoms with Crippen molar-refractivity contribution in [3.8, 4) is 5.75 Å². The van der Waals surface area contributed by atoms with Crippen LogP contribution in [0.5, 0.6) is 5.75 Å². The molecular weight excluding hydrogens is 318 g/mol. The smallest absolute Gasteiger partial charge is 0.257 e. The minimum absolute atomic E-state index is 0.276. The summed E-state index contributed by atoms with van der Waals surface area (Å²) >= 11 is 0. The Morgan fingerprint density at radius 2 is 1.79 bits per heavy atom. The van der Waals surface area contributed by atoms with E-state index in [-0.39, 0.29) is 12.1 Å². The molecule has 0 aliphatic carbocycles. The first-order chi connectivity index (χ1) is 11.4. The summed E-state index contributed by atoms with van der Waals surface area (Å²) in [6.07, 6.45) is 0. The van der Waals surface area contributed by atoms with Crippen LogP contribution in [0, 0.1) is 11.6 Å². The zero-order valence-corrected chi connectivity index (χ0v) is 13.2. The number of benzene rings is 2. The number of rotatable bonds is 5. The lowest BCUT2D eigenvalue weighted by molar-refractivity contribution is -0.116. The molecule has 2 rings (SSSR count). The second kappa shape index (κ2) is 7.54. The van der Waals surface area contributed by atoms with Crippen LogP contribution < -0.4 is 10.1 Å². The largest absolute Gasteiger partial charge is 0.497 e. The van der Waals surface area contributed by atoms with Gasteiger partial charge in [0.2, 0.25) is 5.91 Å². The van der Waals surface area contributed by atoms with Gasteiger partial charge in [0.1, 0.15) is 17.4 Å². The van der Waals surface area contributed by atoms with Gasteiger partial charge in [0.15, 0.2) is 0 Å². The Balaban J connectivity index is 1.98. The number of anilines is 1. The van der Waals surface area contributed by atoms with Crippen LogP contribution in [0.2, 0.25) is 0 Å². The van der Waals surface area contributed by atoms with Crippen molar-refractivity contribution in [1.29, 1.82) is 0 Å². The Bertz CT molecular complexity index is 748. The first-order valence-electron chi connectivity index (χ1n) is 7.05. The highest BCUT2D eigenvalue weighted by molar-refractivity contribution is 5.99. The summed E-state index contributed by atoms with van der Waals surface area (Å²) in [5.41, 5.74) is 0.241. The van der Waals surface area contributed by atoms with E-state index < -0.39 is 23.4 Å². The van der Waals surface area contributed by atoms with Crippen molar-refractivity contribution in [2.45, 2.75) is 0 Å². The molecule has 5 nitrogen and oxygen atoms in total. The predicted octanol–water partition coefficient (Wildman–Crippen LogP) is 2.68. The zero-order chi connectivity index (χ0) is 17.7. The quantitative estimate of drug-likeness (QED) is 0.915. The van der Waals surface area contributed by atoms with Crippen LogP contribution in [0.1, 0.15) is 10.4 Å². The number of likely N-dealkylation sites (N-methyl/N-ethyl adjacent to an activating group) is 1. The van der Waals surface area contributed by atoms with Crippen LogP contribution in [0.4, 0.5) is 14.5 Å². The van der Waals surface area contributed by atoms with E-state index in [1.54, 1.807) is 24.3 Å². The number of hydrogen-bond donors (Lipinski definition) is 1. The molecule has 0 saturated heterocycles. The average Bonchev–Trinajstić information content (AvgIpc) is 2.54. The lowest BCUT2D eigenvalue weighted by Gasteiger charge is -2.17. The van der Waals surface area contributed by atoms with Gasteiger partial charge in [-0.2, -0.15) is 0 Å². The van der Waals surface area contributed by atoms with Crippen molar-refractivity contribution in [2.24, 2.45) is 0 Å². The normalized spacial score (nSPS) is 10.2. The van der Waals surface area contributed by atoms with Crippen molar-refractivity contribution >= 4 is 17.5 Å². The van der Waals surface area contributed by atoms with Gasteiger partial charge in [0.25, 0.3) is 5.91 Å². The summed E-state index contributed by atoms with van der Waals surface area (Å²) in [6.45, 7) is -0.276. The third-order valence-electron chi connectivity index (χ3n) is 3.26. The Labute approximate surface area is 137 Å². The number of methoxy groups -OCH3 is 1. The van der Waals surface area contributed by atoms with Gasteiger partial charge in [-0.3, -0.25) is 9.59 Å². The average molecular weight is 334 g/mol. The summed E-state index contributed by atoms with van der Waals surface area (Å²) in [4.78, 5) is 25.1. The van der Waals surface area contributed by atoms with E-state index in [0.717, 1.165) is 17.0 Å². The molecule has 2 amide bonds. The monoisotopic (exact) mass is 334 g/mol. The van der Waals surface area contributed by atoms with Crippen LogP contribution in [-0.4, -0.2) is 37.4 Å². The van der Waals surface area contributed by atoms with E-state index in [2.05, 4.69) is 5.32 Å². The second-order valence-corrected chi connectivity index (χ2v) is 5.06. The van der Waals surface area contributed by atoms with Gasteiger partial charge in [-0.05, 0) is 36.4 Å². The van der Waals surface area contributed by atoms with E-state index in [4.69, 9.17) is 4.74 Å². The maximum atomic E-state index is 13.6. The fourth-order valence-electron chi connectivity index (χ4n) is 2.03. The summed E-state index contributed by atoms with van der Waals surface area (Å²) in [7, 11) is 2.89. The van der Waals surface area contributed by atoms with Gasteiger partial charge >= 0.3 is 0 Å². The predicted molar refractivity (Wildman–Crippen MR) is 84.9 cm³/mol. The van der Waals surface area contributed by atoms with Crippen LogP contribution >= 0.6 is 0 Å². The molecule has 0 unspecified atom stereocenters. The van der Waals surface area contributed by atoms with Gasteiger partial charge in [-0.15, -0.1) is 0 Å². The third-order valence-corrected chi connectivity index (χ3v) is 3.26. The van der Waals surface area contributed by atoms with Gasteiger partial charge < -0.3 is 15.0 Å². The first-order valence-corrected chi connectivity index (χ1v) is 7.05. The molecule has 0 saturated carbocycles. The lowest BCUT2D eigenvalue weighted by atomic mass is 10.2. The summed E-state index contributed by atoms with van der Waals surface area (Å²) in [5.74, 6) is -2.26. The molecule has 1 N–H and O–H groups in total. The van der Waals surface area contributed by atoms with E-state index in [9.17, 15) is 18.4 Å². The highest BCUT2D eigenvalue weighted by Crippen LogP contribution is 2.15. The molecule has 24 heavy (non-hydrogen) atoms. The Kier molecular flexibility index (Phi) is 5.47. The van der Waals surface area contributed by atoms with Crippen LogP contribution in [0.3, 0.4) is 0 Å². The molecule has 0 aliphatic rings. The maximum absolute atomic E-state index is 13.6. The molecule has 0 atom stereocenters. The van der Waals surface area contributed by atoms with E-state index >= 15 is 0 Å². The lowest BCUT2D eigenvalue weighted by Crippen LogP contribution is -2.35. The zero-order valence-electron chi connectivity index (χ0n) is 13.2. The SMILES string of the molecule is COc1ccc(NC(=O)CN(C)C(=O)c2ccc(F)cc2F)cc1. The molecule has 126 valence electrons. The number of nitrogens with zero attached hydrogens (tertiary/aromatic N) is 1. The highest BCUT2D eigenvalue weighted by atomic mass is 19.1.